The highest BCUT2D eigenvalue weighted by atomic mass is 32.2. The van der Waals surface area contributed by atoms with Gasteiger partial charge in [0.05, 0.1) is 25.9 Å². The Morgan fingerprint density at radius 2 is 1.88 bits per heavy atom. The number of nitrogens with zero attached hydrogens (tertiary/aromatic N) is 3. The molecule has 0 radical (unpaired) electrons. The summed E-state index contributed by atoms with van der Waals surface area (Å²) in [5.41, 5.74) is -2.84. The molecule has 0 aromatic carbocycles. The maximum absolute atomic E-state index is 16.3. The number of amides is 1. The Morgan fingerprint density at radius 1 is 1.24 bits per heavy atom. The molecule has 1 aliphatic rings. The van der Waals surface area contributed by atoms with Gasteiger partial charge in [-0.2, -0.15) is 4.98 Å². The summed E-state index contributed by atoms with van der Waals surface area (Å²) in [6.07, 6.45) is -1.60. The SMILES string of the molecule is CC[C@H]1O[C@](C)(n2ccc(NC(C)=O)nc2=O)[C@@H](F)C1OP(OCCOCCSC(=O)C(C)(C)C)N(C(C)C)C(C)C. The average molecular weight is 635 g/mol. The summed E-state index contributed by atoms with van der Waals surface area (Å²) in [4.78, 5) is 40.2. The number of rotatable bonds is 15. The van der Waals surface area contributed by atoms with Crippen molar-refractivity contribution in [2.75, 3.05) is 30.9 Å². The zero-order valence-electron chi connectivity index (χ0n) is 26.5. The Kier molecular flexibility index (Phi) is 14.0. The van der Waals surface area contributed by atoms with E-state index in [-0.39, 0.29) is 42.1 Å². The molecule has 2 rings (SSSR count). The molecule has 2 heterocycles. The first-order valence-electron chi connectivity index (χ1n) is 14.4. The summed E-state index contributed by atoms with van der Waals surface area (Å²) in [5.74, 6) is 0.244. The third-order valence-electron chi connectivity index (χ3n) is 6.51. The maximum atomic E-state index is 16.3. The average Bonchev–Trinajstić information content (AvgIpc) is 3.11. The van der Waals surface area contributed by atoms with Gasteiger partial charge in [-0.3, -0.25) is 14.2 Å². The Morgan fingerprint density at radius 3 is 2.40 bits per heavy atom. The van der Waals surface area contributed by atoms with Crippen LogP contribution < -0.4 is 11.0 Å². The molecule has 11 nitrogen and oxygen atoms in total. The van der Waals surface area contributed by atoms with Gasteiger partial charge in [0, 0.05) is 36.4 Å². The van der Waals surface area contributed by atoms with Crippen LogP contribution in [0.2, 0.25) is 0 Å². The van der Waals surface area contributed by atoms with Gasteiger partial charge in [-0.1, -0.05) is 39.5 Å². The highest BCUT2D eigenvalue weighted by molar-refractivity contribution is 8.13. The number of aromatic nitrogens is 2. The van der Waals surface area contributed by atoms with Gasteiger partial charge in [0.2, 0.25) is 5.91 Å². The second kappa shape index (κ2) is 16.0. The first-order valence-corrected chi connectivity index (χ1v) is 16.5. The van der Waals surface area contributed by atoms with Crippen molar-refractivity contribution in [3.8, 4) is 0 Å². The molecule has 0 bridgehead atoms. The van der Waals surface area contributed by atoms with E-state index in [4.69, 9.17) is 18.5 Å². The summed E-state index contributed by atoms with van der Waals surface area (Å²) < 4.78 is 43.9. The Hall–Kier alpha value is -1.47. The minimum absolute atomic E-state index is 0.0387. The van der Waals surface area contributed by atoms with Crippen molar-refractivity contribution in [3.63, 3.8) is 0 Å². The van der Waals surface area contributed by atoms with Crippen LogP contribution in [0.15, 0.2) is 17.1 Å². The molecule has 2 unspecified atom stereocenters. The fourth-order valence-corrected chi connectivity index (χ4v) is 7.02. The number of carbonyl (C=O) groups excluding carboxylic acids is 2. The van der Waals surface area contributed by atoms with Crippen molar-refractivity contribution in [1.29, 1.82) is 0 Å². The fraction of sp³-hybridized carbons (Fsp3) is 0.786. The van der Waals surface area contributed by atoms with E-state index < -0.39 is 43.7 Å². The predicted molar refractivity (Wildman–Crippen MR) is 164 cm³/mol. The van der Waals surface area contributed by atoms with Crippen molar-refractivity contribution >= 4 is 37.1 Å². The van der Waals surface area contributed by atoms with Gasteiger partial charge in [-0.25, -0.2) is 13.9 Å². The second-order valence-corrected chi connectivity index (χ2v) is 14.3. The van der Waals surface area contributed by atoms with E-state index in [0.717, 1.165) is 4.57 Å². The lowest BCUT2D eigenvalue weighted by Crippen LogP contribution is -2.47. The highest BCUT2D eigenvalue weighted by Crippen LogP contribution is 2.51. The van der Waals surface area contributed by atoms with E-state index in [1.165, 1.54) is 37.9 Å². The van der Waals surface area contributed by atoms with Crippen molar-refractivity contribution < 1.29 is 32.5 Å². The smallest absolute Gasteiger partial charge is 0.351 e. The number of anilines is 1. The highest BCUT2D eigenvalue weighted by Gasteiger charge is 2.56. The molecule has 1 saturated heterocycles. The minimum atomic E-state index is -1.73. The number of thioether (sulfide) groups is 1. The first-order chi connectivity index (χ1) is 19.5. The number of halogens is 1. The van der Waals surface area contributed by atoms with Crippen LogP contribution in [0, 0.1) is 5.41 Å². The number of nitrogens with one attached hydrogen (secondary N) is 1. The van der Waals surface area contributed by atoms with Crippen molar-refractivity contribution in [1.82, 2.24) is 14.2 Å². The van der Waals surface area contributed by atoms with Crippen LogP contribution >= 0.6 is 20.3 Å². The molecule has 1 amide bonds. The lowest BCUT2D eigenvalue weighted by atomic mass is 10.00. The van der Waals surface area contributed by atoms with Gasteiger partial charge in [-0.05, 0) is 47.1 Å². The molecule has 1 N–H and O–H groups in total. The lowest BCUT2D eigenvalue weighted by Gasteiger charge is -2.37. The van der Waals surface area contributed by atoms with Crippen LogP contribution in [0.5, 0.6) is 0 Å². The van der Waals surface area contributed by atoms with Crippen molar-refractivity contribution in [2.45, 2.75) is 112 Å². The van der Waals surface area contributed by atoms with E-state index >= 15 is 4.39 Å². The monoisotopic (exact) mass is 634 g/mol. The van der Waals surface area contributed by atoms with Crippen LogP contribution in [0.4, 0.5) is 10.2 Å². The van der Waals surface area contributed by atoms with Crippen LogP contribution in [0.3, 0.4) is 0 Å². The molecule has 14 heteroatoms. The van der Waals surface area contributed by atoms with Gasteiger partial charge in [0.15, 0.2) is 17.0 Å². The summed E-state index contributed by atoms with van der Waals surface area (Å²) >= 11 is 1.25. The molecular formula is C28H48FN4O7PS. The molecule has 5 atom stereocenters. The zero-order chi connectivity index (χ0) is 31.8. The quantitative estimate of drug-likeness (QED) is 0.206. The van der Waals surface area contributed by atoms with Gasteiger partial charge >= 0.3 is 5.69 Å². The third kappa shape index (κ3) is 9.77. The summed E-state index contributed by atoms with van der Waals surface area (Å²) in [7, 11) is -1.73. The van der Waals surface area contributed by atoms with Crippen molar-refractivity contribution in [2.24, 2.45) is 5.41 Å². The van der Waals surface area contributed by atoms with Crippen LogP contribution in [-0.2, 0) is 33.8 Å². The van der Waals surface area contributed by atoms with E-state index in [1.54, 1.807) is 0 Å². The normalized spacial score (nSPS) is 23.6. The molecule has 1 aromatic rings. The Bertz CT molecular complexity index is 1090. The topological polar surface area (TPSA) is 121 Å². The fourth-order valence-electron chi connectivity index (χ4n) is 4.46. The van der Waals surface area contributed by atoms with E-state index in [9.17, 15) is 14.4 Å². The van der Waals surface area contributed by atoms with E-state index in [1.807, 2.05) is 55.4 Å². The summed E-state index contributed by atoms with van der Waals surface area (Å²) in [6.45, 7) is 19.3. The van der Waals surface area contributed by atoms with Gasteiger partial charge in [-0.15, -0.1) is 0 Å². The molecule has 42 heavy (non-hydrogen) atoms. The van der Waals surface area contributed by atoms with Crippen LogP contribution in [0.1, 0.15) is 75.7 Å². The largest absolute Gasteiger partial charge is 0.378 e. The van der Waals surface area contributed by atoms with Crippen LogP contribution in [-0.4, -0.2) is 81.3 Å². The number of alkyl halides is 1. The molecule has 1 aliphatic heterocycles. The number of ether oxygens (including phenoxy) is 2. The standard InChI is InChI=1S/C28H48FN4O7PS/c1-11-21-23(24(29)28(10,39-21)32-13-12-22(30-20(6)34)31-26(32)36)40-41(33(18(2)3)19(4)5)38-15-14-37-16-17-42-25(35)27(7,8)9/h12-13,18-19,21,23-24H,11,14-17H2,1-10H3,(H,30,31,34,36)/t21-,23?,24+,28+,41?/m1/s1. The second-order valence-electron chi connectivity index (χ2n) is 11.9. The lowest BCUT2D eigenvalue weighted by molar-refractivity contribution is -0.117. The van der Waals surface area contributed by atoms with Gasteiger partial charge < -0.3 is 23.8 Å². The number of hydrogen-bond donors (Lipinski definition) is 1. The Labute approximate surface area is 254 Å². The molecule has 240 valence electrons. The molecule has 0 spiro atoms. The third-order valence-corrected chi connectivity index (χ3v) is 9.88. The summed E-state index contributed by atoms with van der Waals surface area (Å²) in [5, 5.41) is 2.57. The Balaban J connectivity index is 2.16. The number of carbonyl (C=O) groups is 2. The number of hydrogen-bond acceptors (Lipinski definition) is 10. The van der Waals surface area contributed by atoms with E-state index in [2.05, 4.69) is 15.0 Å². The first kappa shape index (κ1) is 36.7. The van der Waals surface area contributed by atoms with Crippen molar-refractivity contribution in [3.05, 3.63) is 22.7 Å². The van der Waals surface area contributed by atoms with Gasteiger partial charge in [0.1, 0.15) is 11.9 Å². The zero-order valence-corrected chi connectivity index (χ0v) is 28.2. The molecule has 1 fully saturated rings. The van der Waals surface area contributed by atoms with E-state index in [0.29, 0.717) is 18.8 Å². The van der Waals surface area contributed by atoms with Crippen LogP contribution in [0.25, 0.3) is 0 Å². The molecular weight excluding hydrogens is 586 g/mol. The van der Waals surface area contributed by atoms with Gasteiger partial charge in [0.25, 0.3) is 8.53 Å². The predicted octanol–water partition coefficient (Wildman–Crippen LogP) is 5.09. The minimum Gasteiger partial charge on any atom is -0.378 e. The summed E-state index contributed by atoms with van der Waals surface area (Å²) in [6, 6.07) is 1.50. The molecule has 0 aliphatic carbocycles. The maximum Gasteiger partial charge on any atom is 0.351 e. The molecule has 1 aromatic heterocycles. The molecule has 0 saturated carbocycles.